The second-order valence-corrected chi connectivity index (χ2v) is 3.55. The van der Waals surface area contributed by atoms with Gasteiger partial charge in [-0.2, -0.15) is 0 Å². The van der Waals surface area contributed by atoms with Crippen molar-refractivity contribution in [1.29, 1.82) is 0 Å². The summed E-state index contributed by atoms with van der Waals surface area (Å²) in [5, 5.41) is 9.48. The van der Waals surface area contributed by atoms with Crippen molar-refractivity contribution in [2.24, 2.45) is 0 Å². The molecule has 4 heteroatoms. The number of rotatable bonds is 5. The Hall–Kier alpha value is -1.06. The highest BCUT2D eigenvalue weighted by molar-refractivity contribution is 6.30. The maximum atomic E-state index is 10.8. The Balaban J connectivity index is 2.69. The summed E-state index contributed by atoms with van der Waals surface area (Å²) < 4.78 is 5.10. The molecule has 0 bridgehead atoms. The van der Waals surface area contributed by atoms with Crippen LogP contribution in [0.3, 0.4) is 0 Å². The Kier molecular flexibility index (Phi) is 4.59. The fraction of sp³-hybridized carbons (Fsp3) is 0.364. The van der Waals surface area contributed by atoms with E-state index in [1.54, 1.807) is 25.1 Å². The standard InChI is InChI=1S/C11H13ClO3/c1-2-15-10(11(13)14)7-8-4-3-5-9(12)6-8/h3-6,10H,2,7H2,1H3,(H,13,14)/t10-/m1/s1. The van der Waals surface area contributed by atoms with Gasteiger partial charge in [-0.25, -0.2) is 4.79 Å². The van der Waals surface area contributed by atoms with E-state index in [2.05, 4.69) is 0 Å². The Morgan fingerprint density at radius 3 is 2.87 bits per heavy atom. The summed E-state index contributed by atoms with van der Waals surface area (Å²) in [6, 6.07) is 7.13. The fourth-order valence-electron chi connectivity index (χ4n) is 1.30. The number of benzene rings is 1. The van der Waals surface area contributed by atoms with Crippen molar-refractivity contribution in [1.82, 2.24) is 0 Å². The Morgan fingerprint density at radius 2 is 2.33 bits per heavy atom. The monoisotopic (exact) mass is 228 g/mol. The van der Waals surface area contributed by atoms with Gasteiger partial charge in [0.15, 0.2) is 6.10 Å². The number of ether oxygens (including phenoxy) is 1. The summed E-state index contributed by atoms with van der Waals surface area (Å²) in [6.07, 6.45) is -0.461. The van der Waals surface area contributed by atoms with Crippen LogP contribution >= 0.6 is 11.6 Å². The maximum Gasteiger partial charge on any atom is 0.333 e. The molecule has 1 rings (SSSR count). The first kappa shape index (κ1) is 12.0. The van der Waals surface area contributed by atoms with E-state index < -0.39 is 12.1 Å². The number of halogens is 1. The van der Waals surface area contributed by atoms with Gasteiger partial charge in [-0.1, -0.05) is 23.7 Å². The van der Waals surface area contributed by atoms with Crippen LogP contribution in [0.5, 0.6) is 0 Å². The predicted molar refractivity (Wildman–Crippen MR) is 58.2 cm³/mol. The Bertz CT molecular complexity index is 338. The lowest BCUT2D eigenvalue weighted by molar-refractivity contribution is -0.149. The number of hydrogen-bond acceptors (Lipinski definition) is 2. The minimum Gasteiger partial charge on any atom is -0.479 e. The third-order valence-electron chi connectivity index (χ3n) is 1.95. The zero-order valence-electron chi connectivity index (χ0n) is 8.44. The van der Waals surface area contributed by atoms with Gasteiger partial charge in [-0.3, -0.25) is 0 Å². The minimum absolute atomic E-state index is 0.337. The van der Waals surface area contributed by atoms with Crippen LogP contribution in [0.25, 0.3) is 0 Å². The Morgan fingerprint density at radius 1 is 1.60 bits per heavy atom. The molecule has 1 aromatic rings. The van der Waals surface area contributed by atoms with Gasteiger partial charge in [-0.05, 0) is 24.6 Å². The predicted octanol–water partition coefficient (Wildman–Crippen LogP) is 2.37. The van der Waals surface area contributed by atoms with Crippen LogP contribution in [0, 0.1) is 0 Å². The molecule has 82 valence electrons. The summed E-state index contributed by atoms with van der Waals surface area (Å²) in [5.41, 5.74) is 0.864. The quantitative estimate of drug-likeness (QED) is 0.842. The van der Waals surface area contributed by atoms with Gasteiger partial charge in [0.25, 0.3) is 0 Å². The molecular weight excluding hydrogens is 216 g/mol. The molecule has 0 saturated heterocycles. The molecule has 0 heterocycles. The number of carbonyl (C=O) groups is 1. The summed E-state index contributed by atoms with van der Waals surface area (Å²) >= 11 is 5.80. The molecule has 15 heavy (non-hydrogen) atoms. The van der Waals surface area contributed by atoms with Crippen LogP contribution in [0.15, 0.2) is 24.3 Å². The lowest BCUT2D eigenvalue weighted by Gasteiger charge is -2.12. The van der Waals surface area contributed by atoms with Gasteiger partial charge in [0.2, 0.25) is 0 Å². The molecular formula is C11H13ClO3. The van der Waals surface area contributed by atoms with Crippen LogP contribution in [-0.2, 0) is 16.0 Å². The van der Waals surface area contributed by atoms with Gasteiger partial charge < -0.3 is 9.84 Å². The minimum atomic E-state index is -0.947. The zero-order valence-corrected chi connectivity index (χ0v) is 9.20. The van der Waals surface area contributed by atoms with E-state index in [0.29, 0.717) is 18.1 Å². The summed E-state index contributed by atoms with van der Waals surface area (Å²) in [4.78, 5) is 10.8. The molecule has 0 aromatic heterocycles. The molecule has 0 aliphatic carbocycles. The van der Waals surface area contributed by atoms with Crippen LogP contribution in [0.1, 0.15) is 12.5 Å². The van der Waals surface area contributed by atoms with Crippen LogP contribution in [0.4, 0.5) is 0 Å². The van der Waals surface area contributed by atoms with Crippen molar-refractivity contribution in [2.45, 2.75) is 19.4 Å². The van der Waals surface area contributed by atoms with E-state index >= 15 is 0 Å². The van der Waals surface area contributed by atoms with Crippen molar-refractivity contribution in [3.05, 3.63) is 34.9 Å². The van der Waals surface area contributed by atoms with E-state index in [4.69, 9.17) is 21.4 Å². The highest BCUT2D eigenvalue weighted by atomic mass is 35.5. The van der Waals surface area contributed by atoms with E-state index in [9.17, 15) is 4.79 Å². The van der Waals surface area contributed by atoms with E-state index in [1.165, 1.54) is 0 Å². The first-order chi connectivity index (χ1) is 7.13. The number of carboxylic acids is 1. The lowest BCUT2D eigenvalue weighted by Crippen LogP contribution is -2.26. The summed E-state index contributed by atoms with van der Waals surface area (Å²) in [7, 11) is 0. The largest absolute Gasteiger partial charge is 0.479 e. The van der Waals surface area contributed by atoms with Crippen molar-refractivity contribution in [3.8, 4) is 0 Å². The average Bonchev–Trinajstić information content (AvgIpc) is 2.17. The van der Waals surface area contributed by atoms with E-state index in [0.717, 1.165) is 5.56 Å². The highest BCUT2D eigenvalue weighted by Crippen LogP contribution is 2.13. The third-order valence-corrected chi connectivity index (χ3v) is 2.19. The molecule has 0 aliphatic heterocycles. The van der Waals surface area contributed by atoms with E-state index in [-0.39, 0.29) is 0 Å². The van der Waals surface area contributed by atoms with Crippen molar-refractivity contribution >= 4 is 17.6 Å². The van der Waals surface area contributed by atoms with Gasteiger partial charge in [0, 0.05) is 18.1 Å². The van der Waals surface area contributed by atoms with E-state index in [1.807, 2.05) is 6.07 Å². The molecule has 1 atom stereocenters. The number of hydrogen-bond donors (Lipinski definition) is 1. The topological polar surface area (TPSA) is 46.5 Å². The molecule has 0 amide bonds. The third kappa shape index (κ3) is 3.90. The van der Waals surface area contributed by atoms with Gasteiger partial charge >= 0.3 is 5.97 Å². The van der Waals surface area contributed by atoms with Crippen molar-refractivity contribution in [3.63, 3.8) is 0 Å². The molecule has 0 saturated carbocycles. The maximum absolute atomic E-state index is 10.8. The second kappa shape index (κ2) is 5.73. The molecule has 0 radical (unpaired) electrons. The Labute approximate surface area is 93.6 Å². The first-order valence-corrected chi connectivity index (χ1v) is 5.10. The molecule has 0 spiro atoms. The van der Waals surface area contributed by atoms with Gasteiger partial charge in [0.1, 0.15) is 0 Å². The van der Waals surface area contributed by atoms with Crippen molar-refractivity contribution < 1.29 is 14.6 Å². The van der Waals surface area contributed by atoms with Gasteiger partial charge in [-0.15, -0.1) is 0 Å². The van der Waals surface area contributed by atoms with Crippen LogP contribution < -0.4 is 0 Å². The van der Waals surface area contributed by atoms with Crippen molar-refractivity contribution in [2.75, 3.05) is 6.61 Å². The SMILES string of the molecule is CCO[C@H](Cc1cccc(Cl)c1)C(=O)O. The lowest BCUT2D eigenvalue weighted by atomic mass is 10.1. The smallest absolute Gasteiger partial charge is 0.333 e. The number of aliphatic carboxylic acids is 1. The normalized spacial score (nSPS) is 12.4. The van der Waals surface area contributed by atoms with Crippen LogP contribution in [0.2, 0.25) is 5.02 Å². The fourth-order valence-corrected chi connectivity index (χ4v) is 1.51. The summed E-state index contributed by atoms with van der Waals surface area (Å²) in [6.45, 7) is 2.16. The molecule has 0 aliphatic rings. The second-order valence-electron chi connectivity index (χ2n) is 3.12. The first-order valence-electron chi connectivity index (χ1n) is 4.72. The summed E-state index contributed by atoms with van der Waals surface area (Å²) in [5.74, 6) is -0.947. The molecule has 3 nitrogen and oxygen atoms in total. The molecule has 0 fully saturated rings. The molecule has 0 unspecified atom stereocenters. The van der Waals surface area contributed by atoms with Gasteiger partial charge in [0.05, 0.1) is 0 Å². The highest BCUT2D eigenvalue weighted by Gasteiger charge is 2.17. The molecule has 1 N–H and O–H groups in total. The average molecular weight is 229 g/mol. The molecule has 1 aromatic carbocycles. The van der Waals surface area contributed by atoms with Crippen LogP contribution in [-0.4, -0.2) is 23.8 Å². The number of carboxylic acid groups (broad SMARTS) is 1. The zero-order chi connectivity index (χ0) is 11.3.